The van der Waals surface area contributed by atoms with Gasteiger partial charge in [0, 0.05) is 6.54 Å². The van der Waals surface area contributed by atoms with E-state index in [1.54, 1.807) is 0 Å². The zero-order chi connectivity index (χ0) is 21.1. The summed E-state index contributed by atoms with van der Waals surface area (Å²) in [5.74, 6) is -2.03. The Morgan fingerprint density at radius 1 is 1.29 bits per heavy atom. The van der Waals surface area contributed by atoms with Crippen molar-refractivity contribution < 1.29 is 32.3 Å². The van der Waals surface area contributed by atoms with E-state index in [-0.39, 0.29) is 6.54 Å². The van der Waals surface area contributed by atoms with Crippen LogP contribution in [0.4, 0.5) is 22.8 Å². The molecule has 0 radical (unpaired) electrons. The van der Waals surface area contributed by atoms with Crippen LogP contribution in [0.3, 0.4) is 0 Å². The van der Waals surface area contributed by atoms with Gasteiger partial charge in [-0.1, -0.05) is 24.3 Å². The summed E-state index contributed by atoms with van der Waals surface area (Å²) in [6.07, 6.45) is -3.39. The second-order valence-electron chi connectivity index (χ2n) is 6.04. The fourth-order valence-electron chi connectivity index (χ4n) is 2.71. The van der Waals surface area contributed by atoms with Crippen LogP contribution in [0, 0.1) is 0 Å². The number of nitrogens with zero attached hydrogens (tertiary/aromatic N) is 1. The van der Waals surface area contributed by atoms with E-state index in [4.69, 9.17) is 0 Å². The Hall–Kier alpha value is -3.37. The van der Waals surface area contributed by atoms with Crippen LogP contribution in [-0.2, 0) is 21.3 Å². The summed E-state index contributed by atoms with van der Waals surface area (Å²) in [5.41, 5.74) is -3.55. The van der Waals surface area contributed by atoms with Crippen LogP contribution >= 0.6 is 0 Å². The van der Waals surface area contributed by atoms with Gasteiger partial charge in [-0.15, -0.1) is 6.58 Å². The average molecular weight is 398 g/mol. The van der Waals surface area contributed by atoms with Crippen molar-refractivity contribution in [1.82, 2.24) is 20.9 Å². The van der Waals surface area contributed by atoms with E-state index in [0.29, 0.717) is 4.90 Å². The number of hydrogen-bond acceptors (Lipinski definition) is 4. The fraction of sp³-hybridized carbons (Fsp3) is 0.294. The van der Waals surface area contributed by atoms with Crippen molar-refractivity contribution in [3.63, 3.8) is 0 Å². The molecule has 1 atom stereocenters. The first kappa shape index (κ1) is 20.9. The molecule has 1 unspecified atom stereocenters. The molecule has 1 aliphatic heterocycles. The molecule has 28 heavy (non-hydrogen) atoms. The number of carbonyl (C=O) groups excluding carboxylic acids is 4. The molecule has 0 aliphatic carbocycles. The number of benzene rings is 1. The van der Waals surface area contributed by atoms with Gasteiger partial charge in [0.05, 0.1) is 5.56 Å². The minimum atomic E-state index is -4.75. The van der Waals surface area contributed by atoms with Crippen LogP contribution < -0.4 is 16.0 Å². The summed E-state index contributed by atoms with van der Waals surface area (Å²) >= 11 is 0. The maximum Gasteiger partial charge on any atom is 0.416 e. The number of amides is 6. The Kier molecular flexibility index (Phi) is 5.76. The molecule has 150 valence electrons. The lowest BCUT2D eigenvalue weighted by Gasteiger charge is -2.25. The second-order valence-corrected chi connectivity index (χ2v) is 6.04. The van der Waals surface area contributed by atoms with Crippen molar-refractivity contribution in [3.8, 4) is 0 Å². The van der Waals surface area contributed by atoms with Crippen molar-refractivity contribution in [2.45, 2.75) is 18.6 Å². The van der Waals surface area contributed by atoms with Crippen LogP contribution in [0.2, 0.25) is 0 Å². The second kappa shape index (κ2) is 7.71. The topological polar surface area (TPSA) is 108 Å². The van der Waals surface area contributed by atoms with Gasteiger partial charge in [-0.2, -0.15) is 13.2 Å². The summed E-state index contributed by atoms with van der Waals surface area (Å²) in [6, 6.07) is 2.40. The molecule has 6 amide bonds. The lowest BCUT2D eigenvalue weighted by Crippen LogP contribution is -2.47. The summed E-state index contributed by atoms with van der Waals surface area (Å²) in [4.78, 5) is 48.6. The number of hydrogen-bond donors (Lipinski definition) is 3. The third kappa shape index (κ3) is 4.13. The van der Waals surface area contributed by atoms with Crippen LogP contribution in [-0.4, -0.2) is 41.9 Å². The number of alkyl halides is 3. The number of rotatable bonds is 5. The highest BCUT2D eigenvalue weighted by Gasteiger charge is 2.52. The van der Waals surface area contributed by atoms with Crippen molar-refractivity contribution >= 4 is 23.9 Å². The number of nitrogens with one attached hydrogen (secondary N) is 3. The van der Waals surface area contributed by atoms with E-state index in [1.807, 2.05) is 5.32 Å². The smallest absolute Gasteiger partial charge is 0.334 e. The van der Waals surface area contributed by atoms with Crippen LogP contribution in [0.5, 0.6) is 0 Å². The summed E-state index contributed by atoms with van der Waals surface area (Å²) in [7, 11) is 0. The van der Waals surface area contributed by atoms with Gasteiger partial charge < -0.3 is 10.6 Å². The number of imide groups is 2. The SMILES string of the molecule is C=CCNC(=O)NC(=O)CN1C(=O)NC(C)(c2ccccc2C(F)(F)F)C1=O. The summed E-state index contributed by atoms with van der Waals surface area (Å²) < 4.78 is 39.9. The first-order chi connectivity index (χ1) is 13.0. The molecular formula is C17H17F3N4O4. The highest BCUT2D eigenvalue weighted by atomic mass is 19.4. The van der Waals surface area contributed by atoms with Crippen LogP contribution in [0.15, 0.2) is 36.9 Å². The van der Waals surface area contributed by atoms with E-state index in [9.17, 15) is 32.3 Å². The Labute approximate surface area is 157 Å². The molecule has 1 saturated heterocycles. The zero-order valence-electron chi connectivity index (χ0n) is 14.7. The lowest BCUT2D eigenvalue weighted by atomic mass is 9.87. The van der Waals surface area contributed by atoms with Gasteiger partial charge in [-0.3, -0.25) is 19.8 Å². The largest absolute Gasteiger partial charge is 0.416 e. The molecule has 0 spiro atoms. The number of urea groups is 2. The molecule has 0 aromatic heterocycles. The van der Waals surface area contributed by atoms with Crippen LogP contribution in [0.1, 0.15) is 18.1 Å². The fourth-order valence-corrected chi connectivity index (χ4v) is 2.71. The molecule has 3 N–H and O–H groups in total. The Morgan fingerprint density at radius 3 is 2.54 bits per heavy atom. The van der Waals surface area contributed by atoms with Crippen molar-refractivity contribution in [2.75, 3.05) is 13.1 Å². The molecule has 1 heterocycles. The molecule has 1 fully saturated rings. The molecule has 2 rings (SSSR count). The normalized spacial score (nSPS) is 19.2. The molecule has 1 aromatic rings. The van der Waals surface area contributed by atoms with E-state index in [2.05, 4.69) is 17.2 Å². The lowest BCUT2D eigenvalue weighted by molar-refractivity contribution is -0.140. The van der Waals surface area contributed by atoms with E-state index < -0.39 is 53.3 Å². The first-order valence-electron chi connectivity index (χ1n) is 8.00. The summed E-state index contributed by atoms with van der Waals surface area (Å²) in [5, 5.41) is 6.35. The molecule has 1 aliphatic rings. The molecule has 1 aromatic carbocycles. The Bertz CT molecular complexity index is 840. The molecule has 11 heteroatoms. The van der Waals surface area contributed by atoms with Gasteiger partial charge in [0.15, 0.2) is 0 Å². The van der Waals surface area contributed by atoms with Gasteiger partial charge in [0.2, 0.25) is 5.91 Å². The highest BCUT2D eigenvalue weighted by Crippen LogP contribution is 2.39. The van der Waals surface area contributed by atoms with Gasteiger partial charge in [0.1, 0.15) is 12.1 Å². The van der Waals surface area contributed by atoms with Crippen molar-refractivity contribution in [2.24, 2.45) is 0 Å². The minimum Gasteiger partial charge on any atom is -0.334 e. The van der Waals surface area contributed by atoms with Crippen molar-refractivity contribution in [3.05, 3.63) is 48.0 Å². The van der Waals surface area contributed by atoms with Gasteiger partial charge in [-0.25, -0.2) is 9.59 Å². The van der Waals surface area contributed by atoms with E-state index >= 15 is 0 Å². The average Bonchev–Trinajstić information content (AvgIpc) is 2.83. The third-order valence-corrected chi connectivity index (χ3v) is 4.01. The third-order valence-electron chi connectivity index (χ3n) is 4.01. The van der Waals surface area contributed by atoms with Gasteiger partial charge >= 0.3 is 18.2 Å². The zero-order valence-corrected chi connectivity index (χ0v) is 14.7. The quantitative estimate of drug-likeness (QED) is 0.516. The predicted octanol–water partition coefficient (Wildman–Crippen LogP) is 1.48. The monoisotopic (exact) mass is 398 g/mol. The highest BCUT2D eigenvalue weighted by molar-refractivity contribution is 6.10. The molecule has 0 saturated carbocycles. The van der Waals surface area contributed by atoms with E-state index in [1.165, 1.54) is 12.1 Å². The van der Waals surface area contributed by atoms with Crippen molar-refractivity contribution in [1.29, 1.82) is 0 Å². The predicted molar refractivity (Wildman–Crippen MR) is 90.8 cm³/mol. The maximum atomic E-state index is 13.3. The Morgan fingerprint density at radius 2 is 1.93 bits per heavy atom. The molecular weight excluding hydrogens is 381 g/mol. The number of carbonyl (C=O) groups is 4. The first-order valence-corrected chi connectivity index (χ1v) is 8.00. The Balaban J connectivity index is 2.23. The van der Waals surface area contributed by atoms with E-state index in [0.717, 1.165) is 25.1 Å². The van der Waals surface area contributed by atoms with Gasteiger partial charge in [0.25, 0.3) is 5.91 Å². The summed E-state index contributed by atoms with van der Waals surface area (Å²) in [6.45, 7) is 3.73. The number of halogens is 3. The minimum absolute atomic E-state index is 0.0779. The molecule has 8 nitrogen and oxygen atoms in total. The van der Waals surface area contributed by atoms with Gasteiger partial charge in [-0.05, 0) is 18.6 Å². The maximum absolute atomic E-state index is 13.3. The molecule has 0 bridgehead atoms. The van der Waals surface area contributed by atoms with Crippen LogP contribution in [0.25, 0.3) is 0 Å². The standard InChI is InChI=1S/C17H17F3N4O4/c1-3-8-21-14(27)22-12(25)9-24-13(26)16(2,23-15(24)28)10-6-4-5-7-11(10)17(18,19)20/h3-7H,1,8-9H2,2H3,(H,23,28)(H2,21,22,25,27).